The molecule has 1 aliphatic rings. The lowest BCUT2D eigenvalue weighted by molar-refractivity contribution is 0.0996. The fraction of sp³-hybridized carbons (Fsp3) is 0.312. The average Bonchev–Trinajstić information content (AvgIpc) is 3.01. The number of nitrogens with two attached hydrogens (primary N) is 1. The Morgan fingerprint density at radius 2 is 2.29 bits per heavy atom. The zero-order valence-electron chi connectivity index (χ0n) is 11.9. The summed E-state index contributed by atoms with van der Waals surface area (Å²) in [6.45, 7) is 3.11. The molecule has 2 heterocycles. The molecule has 1 atom stereocenters. The summed E-state index contributed by atoms with van der Waals surface area (Å²) in [4.78, 5) is 15.2. The van der Waals surface area contributed by atoms with Crippen molar-refractivity contribution >= 4 is 28.5 Å². The number of nitrogens with zero attached hydrogens (tertiary/aromatic N) is 1. The highest BCUT2D eigenvalue weighted by molar-refractivity contribution is 7.12. The summed E-state index contributed by atoms with van der Waals surface area (Å²) in [5.41, 5.74) is 7.58. The monoisotopic (exact) mass is 302 g/mol. The SMILES string of the molecule is CCC1CN(CC(=O)c2cccs2)c2c(N)cccc2O1. The second kappa shape index (κ2) is 5.77. The maximum atomic E-state index is 12.4. The molecule has 1 aliphatic heterocycles. The number of hydrogen-bond donors (Lipinski definition) is 1. The van der Waals surface area contributed by atoms with E-state index in [1.54, 1.807) is 0 Å². The van der Waals surface area contributed by atoms with Crippen LogP contribution in [0.15, 0.2) is 35.7 Å². The van der Waals surface area contributed by atoms with Gasteiger partial charge in [-0.15, -0.1) is 11.3 Å². The predicted molar refractivity (Wildman–Crippen MR) is 86.4 cm³/mol. The van der Waals surface area contributed by atoms with Gasteiger partial charge in [0.05, 0.1) is 23.7 Å². The van der Waals surface area contributed by atoms with Crippen molar-refractivity contribution in [1.82, 2.24) is 0 Å². The normalized spacial score (nSPS) is 17.2. The lowest BCUT2D eigenvalue weighted by atomic mass is 10.1. The molecule has 0 amide bonds. The van der Waals surface area contributed by atoms with E-state index in [9.17, 15) is 4.79 Å². The lowest BCUT2D eigenvalue weighted by Crippen LogP contribution is -2.42. The van der Waals surface area contributed by atoms with Crippen molar-refractivity contribution in [2.45, 2.75) is 19.4 Å². The van der Waals surface area contributed by atoms with E-state index in [0.717, 1.165) is 22.7 Å². The molecule has 1 aromatic heterocycles. The van der Waals surface area contributed by atoms with Gasteiger partial charge in [0.2, 0.25) is 0 Å². The Labute approximate surface area is 128 Å². The molecule has 1 aromatic carbocycles. The van der Waals surface area contributed by atoms with Crippen LogP contribution < -0.4 is 15.4 Å². The van der Waals surface area contributed by atoms with Crippen molar-refractivity contribution in [2.24, 2.45) is 0 Å². The van der Waals surface area contributed by atoms with Crippen LogP contribution >= 0.6 is 11.3 Å². The van der Waals surface area contributed by atoms with Crippen molar-refractivity contribution in [3.63, 3.8) is 0 Å². The van der Waals surface area contributed by atoms with Crippen LogP contribution in [-0.2, 0) is 0 Å². The molecule has 0 fully saturated rings. The summed E-state index contributed by atoms with van der Waals surface area (Å²) in [6, 6.07) is 9.40. The second-order valence-corrected chi connectivity index (χ2v) is 6.07. The number of hydrogen-bond acceptors (Lipinski definition) is 5. The number of nitrogen functional groups attached to an aromatic ring is 1. The Hall–Kier alpha value is -2.01. The fourth-order valence-corrected chi connectivity index (χ4v) is 3.23. The molecular weight excluding hydrogens is 284 g/mol. The first kappa shape index (κ1) is 13.9. The van der Waals surface area contributed by atoms with E-state index in [1.807, 2.05) is 40.6 Å². The number of ether oxygens (including phenoxy) is 1. The molecule has 21 heavy (non-hydrogen) atoms. The van der Waals surface area contributed by atoms with Gasteiger partial charge >= 0.3 is 0 Å². The van der Waals surface area contributed by atoms with Crippen LogP contribution in [0.5, 0.6) is 5.75 Å². The molecule has 0 radical (unpaired) electrons. The summed E-state index contributed by atoms with van der Waals surface area (Å²) in [5, 5.41) is 1.92. The molecule has 0 saturated heterocycles. The minimum absolute atomic E-state index is 0.0930. The van der Waals surface area contributed by atoms with E-state index in [0.29, 0.717) is 18.8 Å². The number of Topliss-reactive ketones (excluding diaryl/α,β-unsaturated/α-hetero) is 1. The Morgan fingerprint density at radius 3 is 3.00 bits per heavy atom. The number of anilines is 2. The number of benzene rings is 1. The summed E-state index contributed by atoms with van der Waals surface area (Å²) in [6.07, 6.45) is 0.994. The zero-order chi connectivity index (χ0) is 14.8. The van der Waals surface area contributed by atoms with Crippen LogP contribution in [-0.4, -0.2) is 25.0 Å². The predicted octanol–water partition coefficient (Wildman–Crippen LogP) is 3.19. The molecule has 2 aromatic rings. The summed E-state index contributed by atoms with van der Waals surface area (Å²) in [5.74, 6) is 0.892. The van der Waals surface area contributed by atoms with Crippen LogP contribution in [0.1, 0.15) is 23.0 Å². The summed E-state index contributed by atoms with van der Waals surface area (Å²) >= 11 is 1.47. The Balaban J connectivity index is 1.89. The minimum Gasteiger partial charge on any atom is -0.486 e. The largest absolute Gasteiger partial charge is 0.486 e. The first-order valence-electron chi connectivity index (χ1n) is 7.06. The van der Waals surface area contributed by atoms with E-state index in [1.165, 1.54) is 11.3 Å². The van der Waals surface area contributed by atoms with Gasteiger partial charge in [-0.3, -0.25) is 4.79 Å². The van der Waals surface area contributed by atoms with E-state index in [4.69, 9.17) is 10.5 Å². The third kappa shape index (κ3) is 2.74. The molecule has 0 saturated carbocycles. The number of ketones is 1. The highest BCUT2D eigenvalue weighted by Gasteiger charge is 2.28. The van der Waals surface area contributed by atoms with Gasteiger partial charge in [0.1, 0.15) is 17.5 Å². The molecule has 1 unspecified atom stereocenters. The van der Waals surface area contributed by atoms with Crippen LogP contribution in [0.3, 0.4) is 0 Å². The zero-order valence-corrected chi connectivity index (χ0v) is 12.7. The van der Waals surface area contributed by atoms with Crippen LogP contribution in [0, 0.1) is 0 Å². The first-order valence-corrected chi connectivity index (χ1v) is 7.93. The Kier molecular flexibility index (Phi) is 3.84. The number of para-hydroxylation sites is 1. The van der Waals surface area contributed by atoms with Gasteiger partial charge in [-0.25, -0.2) is 0 Å². The van der Waals surface area contributed by atoms with Crippen molar-refractivity contribution in [2.75, 3.05) is 23.7 Å². The minimum atomic E-state index is 0.0930. The average molecular weight is 302 g/mol. The topological polar surface area (TPSA) is 55.6 Å². The van der Waals surface area contributed by atoms with Crippen LogP contribution in [0.2, 0.25) is 0 Å². The molecular formula is C16H18N2O2S. The van der Waals surface area contributed by atoms with Crippen molar-refractivity contribution < 1.29 is 9.53 Å². The van der Waals surface area contributed by atoms with E-state index >= 15 is 0 Å². The van der Waals surface area contributed by atoms with Gasteiger partial charge in [0.25, 0.3) is 0 Å². The van der Waals surface area contributed by atoms with Crippen molar-refractivity contribution in [3.05, 3.63) is 40.6 Å². The highest BCUT2D eigenvalue weighted by Crippen LogP contribution is 2.38. The standard InChI is InChI=1S/C16H18N2O2S/c1-2-11-9-18(10-13(19)15-7-4-8-21-15)16-12(17)5-3-6-14(16)20-11/h3-8,11H,2,9-10,17H2,1H3. The van der Waals surface area contributed by atoms with Crippen LogP contribution in [0.4, 0.5) is 11.4 Å². The molecule has 110 valence electrons. The Morgan fingerprint density at radius 1 is 1.43 bits per heavy atom. The second-order valence-electron chi connectivity index (χ2n) is 5.12. The third-order valence-electron chi connectivity index (χ3n) is 3.65. The van der Waals surface area contributed by atoms with Gasteiger partial charge in [-0.2, -0.15) is 0 Å². The van der Waals surface area contributed by atoms with Crippen LogP contribution in [0.25, 0.3) is 0 Å². The third-order valence-corrected chi connectivity index (χ3v) is 4.56. The smallest absolute Gasteiger partial charge is 0.191 e. The van der Waals surface area contributed by atoms with Gasteiger partial charge in [-0.05, 0) is 30.0 Å². The van der Waals surface area contributed by atoms with Crippen molar-refractivity contribution in [1.29, 1.82) is 0 Å². The Bertz CT molecular complexity index is 640. The maximum absolute atomic E-state index is 12.4. The summed E-state index contributed by atoms with van der Waals surface area (Å²) < 4.78 is 5.93. The number of carbonyl (C=O) groups is 1. The van der Waals surface area contributed by atoms with E-state index < -0.39 is 0 Å². The highest BCUT2D eigenvalue weighted by atomic mass is 32.1. The van der Waals surface area contributed by atoms with Gasteiger partial charge in [-0.1, -0.05) is 19.1 Å². The van der Waals surface area contributed by atoms with E-state index in [2.05, 4.69) is 6.92 Å². The molecule has 0 bridgehead atoms. The molecule has 4 nitrogen and oxygen atoms in total. The lowest BCUT2D eigenvalue weighted by Gasteiger charge is -2.36. The van der Waals surface area contributed by atoms with Crippen molar-refractivity contribution in [3.8, 4) is 5.75 Å². The number of fused-ring (bicyclic) bond motifs is 1. The van der Waals surface area contributed by atoms with E-state index in [-0.39, 0.29) is 11.9 Å². The molecule has 2 N–H and O–H groups in total. The number of carbonyl (C=O) groups excluding carboxylic acids is 1. The number of rotatable bonds is 4. The maximum Gasteiger partial charge on any atom is 0.191 e. The number of thiophene rings is 1. The van der Waals surface area contributed by atoms with Gasteiger partial charge < -0.3 is 15.4 Å². The molecule has 0 aliphatic carbocycles. The molecule has 0 spiro atoms. The first-order chi connectivity index (χ1) is 10.2. The molecule has 5 heteroatoms. The van der Waals surface area contributed by atoms with Gasteiger partial charge in [0.15, 0.2) is 5.78 Å². The fourth-order valence-electron chi connectivity index (χ4n) is 2.57. The molecule has 3 rings (SSSR count). The quantitative estimate of drug-likeness (QED) is 0.696. The van der Waals surface area contributed by atoms with Gasteiger partial charge in [0, 0.05) is 0 Å². The summed E-state index contributed by atoms with van der Waals surface area (Å²) in [7, 11) is 0.